The molecule has 0 radical (unpaired) electrons. The molecule has 0 aliphatic heterocycles. The third kappa shape index (κ3) is 7.95. The Kier molecular flexibility index (Phi) is 10.2. The molecule has 2 amide bonds. The molecule has 3 aromatic carbocycles. The van der Waals surface area contributed by atoms with Gasteiger partial charge in [0.25, 0.3) is 10.0 Å². The summed E-state index contributed by atoms with van der Waals surface area (Å²) < 4.78 is 43.1. The molecule has 0 saturated heterocycles. The minimum Gasteiger partial charge on any atom is -0.352 e. The Labute approximate surface area is 249 Å². The van der Waals surface area contributed by atoms with Crippen molar-refractivity contribution in [2.24, 2.45) is 0 Å². The maximum Gasteiger partial charge on any atom is 0.264 e. The zero-order valence-corrected chi connectivity index (χ0v) is 25.6. The molecule has 1 aliphatic carbocycles. The Morgan fingerprint density at radius 2 is 1.66 bits per heavy atom. The van der Waals surface area contributed by atoms with Crippen LogP contribution < -0.4 is 9.62 Å². The van der Waals surface area contributed by atoms with Gasteiger partial charge in [-0.25, -0.2) is 12.8 Å². The van der Waals surface area contributed by atoms with Crippen molar-refractivity contribution < 1.29 is 22.4 Å². The zero-order valence-electron chi connectivity index (χ0n) is 23.2. The lowest BCUT2D eigenvalue weighted by Gasteiger charge is -2.33. The monoisotopic (exact) mass is 643 g/mol. The van der Waals surface area contributed by atoms with Crippen LogP contribution in [0.5, 0.6) is 0 Å². The number of hydrogen-bond donors (Lipinski definition) is 1. The minimum absolute atomic E-state index is 0.00920. The lowest BCUT2D eigenvalue weighted by Crippen LogP contribution is -2.53. The van der Waals surface area contributed by atoms with Crippen LogP contribution in [0.25, 0.3) is 0 Å². The first kappa shape index (κ1) is 30.7. The van der Waals surface area contributed by atoms with Gasteiger partial charge >= 0.3 is 0 Å². The maximum absolute atomic E-state index is 14.0. The highest BCUT2D eigenvalue weighted by Gasteiger charge is 2.33. The van der Waals surface area contributed by atoms with Gasteiger partial charge < -0.3 is 10.2 Å². The van der Waals surface area contributed by atoms with Crippen molar-refractivity contribution in [1.82, 2.24) is 10.2 Å². The third-order valence-electron chi connectivity index (χ3n) is 7.37. The van der Waals surface area contributed by atoms with E-state index in [0.717, 1.165) is 42.0 Å². The number of carbonyl (C=O) groups excluding carboxylic acids is 2. The Morgan fingerprint density at radius 1 is 1.00 bits per heavy atom. The summed E-state index contributed by atoms with van der Waals surface area (Å²) in [5, 5.41) is 3.07. The van der Waals surface area contributed by atoms with Crippen LogP contribution in [0.3, 0.4) is 0 Å². The van der Waals surface area contributed by atoms with Gasteiger partial charge in [0.15, 0.2) is 0 Å². The fraction of sp³-hybridized carbons (Fsp3) is 0.355. The smallest absolute Gasteiger partial charge is 0.264 e. The average molecular weight is 645 g/mol. The number of carbonyl (C=O) groups is 2. The Bertz CT molecular complexity index is 1460. The summed E-state index contributed by atoms with van der Waals surface area (Å²) in [7, 11) is -4.15. The van der Waals surface area contributed by atoms with Crippen LogP contribution in [-0.4, -0.2) is 43.8 Å². The number of nitrogens with one attached hydrogen (secondary N) is 1. The van der Waals surface area contributed by atoms with Gasteiger partial charge in [0, 0.05) is 17.1 Å². The molecule has 1 fully saturated rings. The Morgan fingerprint density at radius 3 is 2.29 bits per heavy atom. The summed E-state index contributed by atoms with van der Waals surface area (Å²) in [5.74, 6) is -1.28. The first-order chi connectivity index (χ1) is 19.5. The van der Waals surface area contributed by atoms with Crippen molar-refractivity contribution in [2.75, 3.05) is 10.8 Å². The predicted octanol–water partition coefficient (Wildman–Crippen LogP) is 5.96. The number of aryl methyl sites for hydroxylation is 1. The molecule has 10 heteroatoms. The first-order valence-corrected chi connectivity index (χ1v) is 16.0. The van der Waals surface area contributed by atoms with Crippen LogP contribution in [0.1, 0.15) is 50.2 Å². The molecule has 1 unspecified atom stereocenters. The van der Waals surface area contributed by atoms with E-state index in [1.54, 1.807) is 55.5 Å². The quantitative estimate of drug-likeness (QED) is 0.295. The number of anilines is 1. The van der Waals surface area contributed by atoms with E-state index in [4.69, 9.17) is 0 Å². The van der Waals surface area contributed by atoms with Gasteiger partial charge in [0.1, 0.15) is 18.4 Å². The van der Waals surface area contributed by atoms with Gasteiger partial charge in [0.2, 0.25) is 11.8 Å². The number of amides is 2. The second kappa shape index (κ2) is 13.6. The Balaban J connectivity index is 1.67. The number of nitrogens with zero attached hydrogens (tertiary/aromatic N) is 2. The van der Waals surface area contributed by atoms with Gasteiger partial charge in [-0.3, -0.25) is 13.9 Å². The van der Waals surface area contributed by atoms with Crippen molar-refractivity contribution >= 4 is 43.5 Å². The van der Waals surface area contributed by atoms with Gasteiger partial charge in [-0.2, -0.15) is 0 Å². The highest BCUT2D eigenvalue weighted by atomic mass is 79.9. The number of hydrogen-bond acceptors (Lipinski definition) is 4. The molecule has 1 aliphatic rings. The van der Waals surface area contributed by atoms with Gasteiger partial charge in [-0.1, -0.05) is 71.1 Å². The molecule has 0 spiro atoms. The molecular weight excluding hydrogens is 609 g/mol. The van der Waals surface area contributed by atoms with Crippen molar-refractivity contribution in [3.05, 3.63) is 94.2 Å². The van der Waals surface area contributed by atoms with Crippen LogP contribution >= 0.6 is 15.9 Å². The molecule has 1 N–H and O–H groups in total. The molecule has 41 heavy (non-hydrogen) atoms. The lowest BCUT2D eigenvalue weighted by molar-refractivity contribution is -0.139. The van der Waals surface area contributed by atoms with Crippen molar-refractivity contribution in [1.29, 1.82) is 0 Å². The zero-order chi connectivity index (χ0) is 29.6. The standard InChI is InChI=1S/C31H35BrFN3O4S/c1-22-11-17-29(18-12-22)41(39,40)36(28-10-6-7-25(32)19-28)21-30(37)35(20-24-13-15-26(33)16-14-24)23(2)31(38)34-27-8-4-3-5-9-27/h6-7,10-19,23,27H,3-5,8-9,20-21H2,1-2H3,(H,34,38). The minimum atomic E-state index is -4.15. The average Bonchev–Trinajstić information content (AvgIpc) is 2.95. The normalized spacial score (nSPS) is 14.7. The van der Waals surface area contributed by atoms with Crippen LogP contribution in [0, 0.1) is 12.7 Å². The van der Waals surface area contributed by atoms with Crippen molar-refractivity contribution in [2.45, 2.75) is 69.5 Å². The second-order valence-corrected chi connectivity index (χ2v) is 13.3. The third-order valence-corrected chi connectivity index (χ3v) is 9.65. The largest absolute Gasteiger partial charge is 0.352 e. The summed E-state index contributed by atoms with van der Waals surface area (Å²) in [5.41, 5.74) is 1.82. The van der Waals surface area contributed by atoms with E-state index in [1.807, 2.05) is 6.92 Å². The molecule has 7 nitrogen and oxygen atoms in total. The van der Waals surface area contributed by atoms with Crippen LogP contribution in [0.15, 0.2) is 82.2 Å². The predicted molar refractivity (Wildman–Crippen MR) is 161 cm³/mol. The Hall–Kier alpha value is -3.24. The van der Waals surface area contributed by atoms with E-state index in [9.17, 15) is 22.4 Å². The molecule has 1 atom stereocenters. The molecule has 218 valence electrons. The van der Waals surface area contributed by atoms with E-state index >= 15 is 0 Å². The van der Waals surface area contributed by atoms with Crippen molar-refractivity contribution in [3.8, 4) is 0 Å². The van der Waals surface area contributed by atoms with E-state index < -0.39 is 34.3 Å². The lowest BCUT2D eigenvalue weighted by atomic mass is 9.95. The van der Waals surface area contributed by atoms with E-state index in [0.29, 0.717) is 15.7 Å². The fourth-order valence-electron chi connectivity index (χ4n) is 4.94. The van der Waals surface area contributed by atoms with Gasteiger partial charge in [-0.15, -0.1) is 0 Å². The van der Waals surface area contributed by atoms with E-state index in [2.05, 4.69) is 21.2 Å². The first-order valence-electron chi connectivity index (χ1n) is 13.7. The van der Waals surface area contributed by atoms with Gasteiger partial charge in [-0.05, 0) is 74.7 Å². The molecule has 0 bridgehead atoms. The summed E-state index contributed by atoms with van der Waals surface area (Å²) in [6, 6.07) is 18.0. The van der Waals surface area contributed by atoms with Crippen molar-refractivity contribution in [3.63, 3.8) is 0 Å². The van der Waals surface area contributed by atoms with Crippen LogP contribution in [0.4, 0.5) is 10.1 Å². The number of halogens is 2. The molecule has 0 heterocycles. The van der Waals surface area contributed by atoms with E-state index in [1.165, 1.54) is 29.2 Å². The second-order valence-electron chi connectivity index (χ2n) is 10.5. The molecule has 0 aromatic heterocycles. The number of sulfonamides is 1. The summed E-state index contributed by atoms with van der Waals surface area (Å²) in [4.78, 5) is 28.8. The maximum atomic E-state index is 14.0. The summed E-state index contributed by atoms with van der Waals surface area (Å²) in [6.07, 6.45) is 4.98. The highest BCUT2D eigenvalue weighted by molar-refractivity contribution is 9.10. The SMILES string of the molecule is Cc1ccc(S(=O)(=O)N(CC(=O)N(Cc2ccc(F)cc2)C(C)C(=O)NC2CCCCC2)c2cccc(Br)c2)cc1. The van der Waals surface area contributed by atoms with E-state index in [-0.39, 0.29) is 23.4 Å². The van der Waals surface area contributed by atoms with Crippen LogP contribution in [-0.2, 0) is 26.2 Å². The number of benzene rings is 3. The fourth-order valence-corrected chi connectivity index (χ4v) is 6.73. The molecule has 3 aromatic rings. The van der Waals surface area contributed by atoms with Gasteiger partial charge in [0.05, 0.1) is 10.6 Å². The summed E-state index contributed by atoms with van der Waals surface area (Å²) >= 11 is 3.40. The molecule has 4 rings (SSSR count). The number of rotatable bonds is 10. The summed E-state index contributed by atoms with van der Waals surface area (Å²) in [6.45, 7) is 2.97. The van der Waals surface area contributed by atoms with Crippen LogP contribution in [0.2, 0.25) is 0 Å². The topological polar surface area (TPSA) is 86.8 Å². The molecule has 1 saturated carbocycles. The molecular formula is C31H35BrFN3O4S. The highest BCUT2D eigenvalue weighted by Crippen LogP contribution is 2.27.